The van der Waals surface area contributed by atoms with E-state index < -0.39 is 0 Å². The van der Waals surface area contributed by atoms with E-state index in [4.69, 9.17) is 0 Å². The summed E-state index contributed by atoms with van der Waals surface area (Å²) in [6.45, 7) is 13.9. The van der Waals surface area contributed by atoms with Crippen LogP contribution in [0, 0.1) is 10.8 Å². The SMILES string of the molecule is CC(NC1CC(C)(C)C1)C(C)(C)C. The molecule has 0 aromatic carbocycles. The molecule has 1 unspecified atom stereocenters. The van der Waals surface area contributed by atoms with Gasteiger partial charge in [-0.05, 0) is 30.6 Å². The Labute approximate surface area is 83.3 Å². The highest BCUT2D eigenvalue weighted by Gasteiger charge is 2.37. The lowest BCUT2D eigenvalue weighted by Gasteiger charge is -2.46. The first-order valence-electron chi connectivity index (χ1n) is 5.47. The molecule has 0 aliphatic heterocycles. The molecule has 0 heterocycles. The van der Waals surface area contributed by atoms with E-state index in [0.29, 0.717) is 16.9 Å². The van der Waals surface area contributed by atoms with Gasteiger partial charge in [-0.3, -0.25) is 0 Å². The summed E-state index contributed by atoms with van der Waals surface area (Å²) in [4.78, 5) is 0. The van der Waals surface area contributed by atoms with Crippen molar-refractivity contribution in [3.63, 3.8) is 0 Å². The minimum atomic E-state index is 0.389. The molecule has 0 radical (unpaired) electrons. The Morgan fingerprint density at radius 3 is 2.00 bits per heavy atom. The van der Waals surface area contributed by atoms with Crippen molar-refractivity contribution in [3.8, 4) is 0 Å². The normalized spacial score (nSPS) is 25.4. The van der Waals surface area contributed by atoms with Gasteiger partial charge in [0.05, 0.1) is 0 Å². The van der Waals surface area contributed by atoms with Crippen molar-refractivity contribution < 1.29 is 0 Å². The summed E-state index contributed by atoms with van der Waals surface area (Å²) in [7, 11) is 0. The fraction of sp³-hybridized carbons (Fsp3) is 1.00. The van der Waals surface area contributed by atoms with Crippen LogP contribution in [-0.4, -0.2) is 12.1 Å². The zero-order valence-corrected chi connectivity index (χ0v) is 10.1. The maximum absolute atomic E-state index is 3.71. The van der Waals surface area contributed by atoms with Crippen LogP contribution in [0.5, 0.6) is 0 Å². The van der Waals surface area contributed by atoms with E-state index in [0.717, 1.165) is 6.04 Å². The third-order valence-electron chi connectivity index (χ3n) is 3.38. The molecular weight excluding hydrogens is 158 g/mol. The van der Waals surface area contributed by atoms with Crippen LogP contribution in [0.2, 0.25) is 0 Å². The summed E-state index contributed by atoms with van der Waals surface area (Å²) in [6, 6.07) is 1.39. The first kappa shape index (κ1) is 11.0. The van der Waals surface area contributed by atoms with E-state index in [-0.39, 0.29) is 0 Å². The monoisotopic (exact) mass is 183 g/mol. The minimum absolute atomic E-state index is 0.389. The molecular formula is C12H25N. The van der Waals surface area contributed by atoms with Crippen molar-refractivity contribution in [3.05, 3.63) is 0 Å². The predicted octanol–water partition coefficient (Wildman–Crippen LogP) is 3.20. The maximum Gasteiger partial charge on any atom is 0.00898 e. The van der Waals surface area contributed by atoms with Crippen LogP contribution in [0.25, 0.3) is 0 Å². The van der Waals surface area contributed by atoms with Crippen molar-refractivity contribution in [2.45, 2.75) is 66.5 Å². The zero-order chi connectivity index (χ0) is 10.3. The molecule has 1 fully saturated rings. The number of rotatable bonds is 2. The topological polar surface area (TPSA) is 12.0 Å². The van der Waals surface area contributed by atoms with Gasteiger partial charge in [0, 0.05) is 12.1 Å². The molecule has 0 spiro atoms. The van der Waals surface area contributed by atoms with Crippen LogP contribution >= 0.6 is 0 Å². The van der Waals surface area contributed by atoms with Crippen molar-refractivity contribution >= 4 is 0 Å². The molecule has 78 valence electrons. The van der Waals surface area contributed by atoms with Gasteiger partial charge >= 0.3 is 0 Å². The summed E-state index contributed by atoms with van der Waals surface area (Å²) < 4.78 is 0. The van der Waals surface area contributed by atoms with Gasteiger partial charge in [0.1, 0.15) is 0 Å². The molecule has 1 rings (SSSR count). The van der Waals surface area contributed by atoms with Crippen LogP contribution in [0.4, 0.5) is 0 Å². The van der Waals surface area contributed by atoms with E-state index in [9.17, 15) is 0 Å². The summed E-state index contributed by atoms with van der Waals surface area (Å²) in [5.74, 6) is 0. The molecule has 1 atom stereocenters. The lowest BCUT2D eigenvalue weighted by Crippen LogP contribution is -2.52. The van der Waals surface area contributed by atoms with Crippen molar-refractivity contribution in [1.82, 2.24) is 5.32 Å². The Kier molecular flexibility index (Phi) is 2.78. The molecule has 13 heavy (non-hydrogen) atoms. The van der Waals surface area contributed by atoms with Crippen molar-refractivity contribution in [2.24, 2.45) is 10.8 Å². The third kappa shape index (κ3) is 2.98. The largest absolute Gasteiger partial charge is 0.311 e. The molecule has 1 saturated carbocycles. The second kappa shape index (κ2) is 3.27. The van der Waals surface area contributed by atoms with E-state index in [2.05, 4.69) is 46.9 Å². The van der Waals surface area contributed by atoms with Gasteiger partial charge in [-0.1, -0.05) is 34.6 Å². The Bertz CT molecular complexity index is 168. The molecule has 1 heteroatoms. The van der Waals surface area contributed by atoms with Crippen LogP contribution in [0.15, 0.2) is 0 Å². The first-order valence-corrected chi connectivity index (χ1v) is 5.47. The number of hydrogen-bond donors (Lipinski definition) is 1. The molecule has 1 nitrogen and oxygen atoms in total. The Morgan fingerprint density at radius 2 is 1.69 bits per heavy atom. The maximum atomic E-state index is 3.71. The van der Waals surface area contributed by atoms with Crippen LogP contribution in [-0.2, 0) is 0 Å². The fourth-order valence-corrected chi connectivity index (χ4v) is 2.00. The molecule has 0 amide bonds. The zero-order valence-electron chi connectivity index (χ0n) is 10.1. The highest BCUT2D eigenvalue weighted by atomic mass is 15.0. The van der Waals surface area contributed by atoms with Gasteiger partial charge in [-0.2, -0.15) is 0 Å². The molecule has 1 N–H and O–H groups in total. The highest BCUT2D eigenvalue weighted by molar-refractivity contribution is 4.94. The minimum Gasteiger partial charge on any atom is -0.311 e. The Morgan fingerprint density at radius 1 is 1.23 bits per heavy atom. The second-order valence-electron chi connectivity index (χ2n) is 6.52. The van der Waals surface area contributed by atoms with Gasteiger partial charge in [0.25, 0.3) is 0 Å². The van der Waals surface area contributed by atoms with Crippen molar-refractivity contribution in [2.75, 3.05) is 0 Å². The summed E-state index contributed by atoms with van der Waals surface area (Å²) in [5.41, 5.74) is 0.981. The Hall–Kier alpha value is -0.0400. The Balaban J connectivity index is 2.28. The van der Waals surface area contributed by atoms with Gasteiger partial charge < -0.3 is 5.32 Å². The van der Waals surface area contributed by atoms with E-state index in [1.165, 1.54) is 12.8 Å². The lowest BCUT2D eigenvalue weighted by molar-refractivity contribution is 0.100. The molecule has 0 saturated heterocycles. The number of nitrogens with one attached hydrogen (secondary N) is 1. The average Bonchev–Trinajstić information content (AvgIpc) is 1.80. The summed E-state index contributed by atoms with van der Waals surface area (Å²) in [5, 5.41) is 3.71. The van der Waals surface area contributed by atoms with Crippen molar-refractivity contribution in [1.29, 1.82) is 0 Å². The molecule has 0 aromatic heterocycles. The lowest BCUT2D eigenvalue weighted by atomic mass is 9.68. The van der Waals surface area contributed by atoms with Gasteiger partial charge in [0.2, 0.25) is 0 Å². The molecule has 0 bridgehead atoms. The second-order valence-corrected chi connectivity index (χ2v) is 6.52. The quantitative estimate of drug-likeness (QED) is 0.693. The summed E-state index contributed by atoms with van der Waals surface area (Å²) in [6.07, 6.45) is 2.68. The molecule has 0 aromatic rings. The summed E-state index contributed by atoms with van der Waals surface area (Å²) >= 11 is 0. The standard InChI is InChI=1S/C12H25N/c1-9(11(2,3)4)13-10-7-12(5,6)8-10/h9-10,13H,7-8H2,1-6H3. The fourth-order valence-electron chi connectivity index (χ4n) is 2.00. The smallest absolute Gasteiger partial charge is 0.00898 e. The van der Waals surface area contributed by atoms with E-state index in [1.807, 2.05) is 0 Å². The first-order chi connectivity index (χ1) is 5.71. The third-order valence-corrected chi connectivity index (χ3v) is 3.38. The van der Waals surface area contributed by atoms with E-state index >= 15 is 0 Å². The average molecular weight is 183 g/mol. The van der Waals surface area contributed by atoms with E-state index in [1.54, 1.807) is 0 Å². The van der Waals surface area contributed by atoms with Crippen LogP contribution in [0.3, 0.4) is 0 Å². The van der Waals surface area contributed by atoms with Crippen LogP contribution < -0.4 is 5.32 Å². The van der Waals surface area contributed by atoms with Gasteiger partial charge in [0.15, 0.2) is 0 Å². The van der Waals surface area contributed by atoms with Crippen LogP contribution in [0.1, 0.15) is 54.4 Å². The van der Waals surface area contributed by atoms with Gasteiger partial charge in [-0.25, -0.2) is 0 Å². The highest BCUT2D eigenvalue weighted by Crippen LogP contribution is 2.40. The molecule has 1 aliphatic carbocycles. The number of hydrogen-bond acceptors (Lipinski definition) is 1. The van der Waals surface area contributed by atoms with Gasteiger partial charge in [-0.15, -0.1) is 0 Å². The molecule has 1 aliphatic rings. The predicted molar refractivity (Wildman–Crippen MR) is 58.9 cm³/mol.